The van der Waals surface area contributed by atoms with Crippen LogP contribution in [0.5, 0.6) is 0 Å². The van der Waals surface area contributed by atoms with Crippen molar-refractivity contribution in [2.45, 2.75) is 22.7 Å². The highest BCUT2D eigenvalue weighted by atomic mass is 35.5. The van der Waals surface area contributed by atoms with E-state index in [9.17, 15) is 9.59 Å². The van der Waals surface area contributed by atoms with Gasteiger partial charge < -0.3 is 9.32 Å². The summed E-state index contributed by atoms with van der Waals surface area (Å²) in [5.41, 5.74) is 0.872. The number of likely N-dealkylation sites (N-methyl/N-ethyl adjacent to an activating group) is 2. The van der Waals surface area contributed by atoms with Gasteiger partial charge in [0.2, 0.25) is 5.91 Å². The molecule has 178 valence electrons. The van der Waals surface area contributed by atoms with Gasteiger partial charge in [-0.25, -0.2) is 0 Å². The Balaban J connectivity index is 1.62. The lowest BCUT2D eigenvalue weighted by Gasteiger charge is -2.42. The Hall–Kier alpha value is -2.72. The van der Waals surface area contributed by atoms with Gasteiger partial charge in [-0.1, -0.05) is 41.6 Å². The van der Waals surface area contributed by atoms with Crippen LogP contribution in [0.2, 0.25) is 5.02 Å². The largest absolute Gasteiger partial charge is 0.467 e. The van der Waals surface area contributed by atoms with Crippen molar-refractivity contribution in [3.8, 4) is 0 Å². The van der Waals surface area contributed by atoms with Crippen LogP contribution >= 0.6 is 35.6 Å². The first kappa shape index (κ1) is 22.7. The van der Waals surface area contributed by atoms with Crippen molar-refractivity contribution in [3.05, 3.63) is 83.0 Å². The van der Waals surface area contributed by atoms with E-state index in [2.05, 4.69) is 4.98 Å². The number of carbonyl (C=O) groups is 2. The average Bonchev–Trinajstić information content (AvgIpc) is 3.57. The number of aromatic nitrogens is 1. The van der Waals surface area contributed by atoms with Gasteiger partial charge in [-0.3, -0.25) is 24.4 Å². The van der Waals surface area contributed by atoms with Gasteiger partial charge in [0.25, 0.3) is 5.91 Å². The van der Waals surface area contributed by atoms with Crippen molar-refractivity contribution < 1.29 is 14.0 Å². The van der Waals surface area contributed by atoms with Crippen LogP contribution in [0.1, 0.15) is 22.9 Å². The molecule has 3 aliphatic heterocycles. The molecular formula is C25H21ClN4O3S2. The molecule has 2 aromatic heterocycles. The molecule has 35 heavy (non-hydrogen) atoms. The van der Waals surface area contributed by atoms with E-state index in [0.29, 0.717) is 27.2 Å². The van der Waals surface area contributed by atoms with E-state index in [1.807, 2.05) is 48.3 Å². The highest BCUT2D eigenvalue weighted by molar-refractivity contribution is 8.25. The van der Waals surface area contributed by atoms with Crippen LogP contribution in [0.3, 0.4) is 0 Å². The third kappa shape index (κ3) is 2.83. The predicted octanol–water partition coefficient (Wildman–Crippen LogP) is 4.03. The molecule has 2 fully saturated rings. The number of nitrogens with zero attached hydrogens (tertiary/aromatic N) is 4. The van der Waals surface area contributed by atoms with Crippen LogP contribution in [-0.2, 0) is 21.7 Å². The minimum atomic E-state index is -1.31. The molecule has 3 aliphatic rings. The van der Waals surface area contributed by atoms with Gasteiger partial charge in [0.05, 0.1) is 12.8 Å². The molecule has 0 saturated carbocycles. The van der Waals surface area contributed by atoms with Crippen LogP contribution in [0.25, 0.3) is 0 Å². The van der Waals surface area contributed by atoms with Crippen LogP contribution in [0, 0.1) is 0 Å². The van der Waals surface area contributed by atoms with E-state index >= 15 is 0 Å². The maximum absolute atomic E-state index is 14.6. The number of hydrogen-bond donors (Lipinski definition) is 0. The molecule has 2 amide bonds. The summed E-state index contributed by atoms with van der Waals surface area (Å²) >= 11 is 13.5. The van der Waals surface area contributed by atoms with Crippen LogP contribution in [-0.4, -0.2) is 56.3 Å². The lowest BCUT2D eigenvalue weighted by Crippen LogP contribution is -2.62. The Labute approximate surface area is 217 Å². The molecule has 0 aliphatic carbocycles. The van der Waals surface area contributed by atoms with E-state index in [1.165, 1.54) is 11.8 Å². The minimum absolute atomic E-state index is 0.181. The molecule has 0 unspecified atom stereocenters. The van der Waals surface area contributed by atoms with Crippen LogP contribution in [0.4, 0.5) is 5.69 Å². The summed E-state index contributed by atoms with van der Waals surface area (Å²) in [4.78, 5) is 38.7. The summed E-state index contributed by atoms with van der Waals surface area (Å²) in [6.45, 7) is 0.638. The quantitative estimate of drug-likeness (QED) is 0.479. The Morgan fingerprint density at radius 2 is 2.00 bits per heavy atom. The van der Waals surface area contributed by atoms with E-state index in [-0.39, 0.29) is 18.4 Å². The fourth-order valence-electron chi connectivity index (χ4n) is 5.91. The maximum atomic E-state index is 14.6. The number of likely N-dealkylation sites (tertiary alicyclic amines) is 1. The summed E-state index contributed by atoms with van der Waals surface area (Å²) in [6, 6.07) is 14.6. The summed E-state index contributed by atoms with van der Waals surface area (Å²) in [5, 5.41) is 0.501. The van der Waals surface area contributed by atoms with Crippen LogP contribution < -0.4 is 4.90 Å². The van der Waals surface area contributed by atoms with Crippen molar-refractivity contribution in [2.24, 2.45) is 0 Å². The Bertz CT molecular complexity index is 1370. The molecule has 2 saturated heterocycles. The number of furan rings is 1. The lowest BCUT2D eigenvalue weighted by atomic mass is 9.73. The van der Waals surface area contributed by atoms with Gasteiger partial charge >= 0.3 is 0 Å². The minimum Gasteiger partial charge on any atom is -0.467 e. The van der Waals surface area contributed by atoms with E-state index in [4.69, 9.17) is 28.2 Å². The molecule has 0 bridgehead atoms. The van der Waals surface area contributed by atoms with Gasteiger partial charge in [0.1, 0.15) is 14.8 Å². The van der Waals surface area contributed by atoms with Crippen LogP contribution in [0.15, 0.2) is 65.4 Å². The van der Waals surface area contributed by atoms with Crippen molar-refractivity contribution in [2.75, 3.05) is 25.5 Å². The predicted molar refractivity (Wildman–Crippen MR) is 138 cm³/mol. The number of benzene rings is 1. The van der Waals surface area contributed by atoms with E-state index in [1.54, 1.807) is 41.4 Å². The normalized spacial score (nSPS) is 28.2. The number of thioether (sulfide) groups is 1. The molecule has 10 heteroatoms. The molecule has 1 aromatic carbocycles. The summed E-state index contributed by atoms with van der Waals surface area (Å²) in [5.74, 6) is -0.183. The number of amides is 2. The van der Waals surface area contributed by atoms with Crippen molar-refractivity contribution >= 4 is 57.4 Å². The zero-order valence-electron chi connectivity index (χ0n) is 19.0. The molecule has 0 radical (unpaired) electrons. The second kappa shape index (κ2) is 7.89. The molecule has 3 atom stereocenters. The first-order valence-corrected chi connectivity index (χ1v) is 12.7. The van der Waals surface area contributed by atoms with E-state index in [0.717, 1.165) is 11.4 Å². The summed E-state index contributed by atoms with van der Waals surface area (Å²) < 4.78 is 4.66. The third-order valence-corrected chi connectivity index (χ3v) is 9.53. The first-order valence-electron chi connectivity index (χ1n) is 11.1. The SMILES string of the molecule is CN1C(=O)[C@]2(c3cc(Cl)ccc31)N(C)C[C@@H](c1ccccn1)[C@]21SC(=S)N(Cc2ccco2)C1=O. The molecular weight excluding hydrogens is 504 g/mol. The Morgan fingerprint density at radius 1 is 1.17 bits per heavy atom. The monoisotopic (exact) mass is 524 g/mol. The number of pyridine rings is 1. The number of anilines is 1. The maximum Gasteiger partial charge on any atom is 0.254 e. The number of thiocarbonyl (C=S) groups is 1. The smallest absolute Gasteiger partial charge is 0.254 e. The molecule has 2 spiro atoms. The lowest BCUT2D eigenvalue weighted by molar-refractivity contribution is -0.139. The Morgan fingerprint density at radius 3 is 2.71 bits per heavy atom. The third-order valence-electron chi connectivity index (χ3n) is 7.35. The standard InChI is InChI=1S/C25H21ClN4O3S2/c1-28-14-18(19-7-3-4-10-27-19)25(22(32)30(23(34)35-25)13-16-6-5-11-33-16)24(28)17-12-15(26)8-9-20(17)29(2)21(24)31/h3-12,18H,13-14H2,1-2H3/t18-,24-,25+/m0/s1. The second-order valence-electron chi connectivity index (χ2n) is 9.00. The second-order valence-corrected chi connectivity index (χ2v) is 11.3. The number of carbonyl (C=O) groups excluding carboxylic acids is 2. The topological polar surface area (TPSA) is 69.9 Å². The summed E-state index contributed by atoms with van der Waals surface area (Å²) in [7, 11) is 3.63. The van der Waals surface area contributed by atoms with Gasteiger partial charge in [0, 0.05) is 47.7 Å². The highest BCUT2D eigenvalue weighted by Crippen LogP contribution is 2.66. The number of fused-ring (bicyclic) bond motifs is 3. The number of halogens is 1. The molecule has 3 aromatic rings. The fraction of sp³-hybridized carbons (Fsp3) is 0.280. The number of hydrogen-bond acceptors (Lipinski definition) is 7. The molecule has 7 nitrogen and oxygen atoms in total. The first-order chi connectivity index (χ1) is 16.8. The zero-order valence-corrected chi connectivity index (χ0v) is 21.4. The highest BCUT2D eigenvalue weighted by Gasteiger charge is 2.78. The zero-order chi connectivity index (χ0) is 24.5. The Kier molecular flexibility index (Phi) is 5.12. The molecule has 5 heterocycles. The van der Waals surface area contributed by atoms with Gasteiger partial charge in [-0.05, 0) is 49.5 Å². The fourth-order valence-corrected chi connectivity index (χ4v) is 8.19. The van der Waals surface area contributed by atoms with Gasteiger partial charge in [0.15, 0.2) is 5.54 Å². The van der Waals surface area contributed by atoms with Gasteiger partial charge in [-0.15, -0.1) is 0 Å². The molecule has 6 rings (SSSR count). The van der Waals surface area contributed by atoms with Crippen molar-refractivity contribution in [3.63, 3.8) is 0 Å². The average molecular weight is 525 g/mol. The summed E-state index contributed by atoms with van der Waals surface area (Å²) in [6.07, 6.45) is 3.28. The van der Waals surface area contributed by atoms with Crippen molar-refractivity contribution in [1.82, 2.24) is 14.8 Å². The van der Waals surface area contributed by atoms with E-state index < -0.39 is 16.2 Å². The number of rotatable bonds is 3. The van der Waals surface area contributed by atoms with Crippen molar-refractivity contribution in [1.29, 1.82) is 0 Å². The molecule has 0 N–H and O–H groups in total. The van der Waals surface area contributed by atoms with Gasteiger partial charge in [-0.2, -0.15) is 0 Å².